The Balaban J connectivity index is 1.87. The average molecular weight is 347 g/mol. The highest BCUT2D eigenvalue weighted by Gasteiger charge is 2.35. The summed E-state index contributed by atoms with van der Waals surface area (Å²) in [4.78, 5) is 15.2. The second-order valence-corrected chi connectivity index (χ2v) is 6.66. The Kier molecular flexibility index (Phi) is 5.74. The lowest BCUT2D eigenvalue weighted by atomic mass is 10.2. The predicted molar refractivity (Wildman–Crippen MR) is 84.7 cm³/mol. The van der Waals surface area contributed by atoms with Gasteiger partial charge in [0.2, 0.25) is 0 Å². The van der Waals surface area contributed by atoms with Gasteiger partial charge in [0.25, 0.3) is 0 Å². The van der Waals surface area contributed by atoms with Crippen LogP contribution in [0.5, 0.6) is 0 Å². The minimum Gasteiger partial charge on any atom is -0.322 e. The van der Waals surface area contributed by atoms with Crippen molar-refractivity contribution in [3.63, 3.8) is 0 Å². The number of halogens is 3. The SMILES string of the molecule is CC(C)Cn1cc(NC(=O)N2CCN(CC(F)(F)F)[C@H](C)C2)cn1. The number of nitrogens with one attached hydrogen (secondary N) is 1. The van der Waals surface area contributed by atoms with Gasteiger partial charge < -0.3 is 10.2 Å². The van der Waals surface area contributed by atoms with E-state index in [9.17, 15) is 18.0 Å². The van der Waals surface area contributed by atoms with E-state index in [2.05, 4.69) is 24.3 Å². The second-order valence-electron chi connectivity index (χ2n) is 6.66. The van der Waals surface area contributed by atoms with Crippen LogP contribution in [0, 0.1) is 5.92 Å². The van der Waals surface area contributed by atoms with E-state index in [1.165, 1.54) is 9.80 Å². The molecule has 2 amide bonds. The van der Waals surface area contributed by atoms with Gasteiger partial charge in [-0.05, 0) is 12.8 Å². The van der Waals surface area contributed by atoms with Gasteiger partial charge in [0.05, 0.1) is 18.4 Å². The number of carbonyl (C=O) groups is 1. The normalized spacial score (nSPS) is 19.8. The van der Waals surface area contributed by atoms with Crippen LogP contribution in [-0.4, -0.2) is 64.0 Å². The van der Waals surface area contributed by atoms with Gasteiger partial charge in [0, 0.05) is 38.4 Å². The fourth-order valence-electron chi connectivity index (χ4n) is 2.75. The number of hydrogen-bond donors (Lipinski definition) is 1. The molecule has 0 aromatic carbocycles. The molecule has 1 aliphatic heterocycles. The van der Waals surface area contributed by atoms with Crippen LogP contribution in [0.15, 0.2) is 12.4 Å². The molecule has 1 atom stereocenters. The number of rotatable bonds is 4. The van der Waals surface area contributed by atoms with Crippen molar-refractivity contribution < 1.29 is 18.0 Å². The number of alkyl halides is 3. The van der Waals surface area contributed by atoms with Crippen LogP contribution < -0.4 is 5.32 Å². The van der Waals surface area contributed by atoms with E-state index < -0.39 is 12.7 Å². The van der Waals surface area contributed by atoms with E-state index in [-0.39, 0.29) is 31.7 Å². The molecule has 0 spiro atoms. The molecule has 1 saturated heterocycles. The smallest absolute Gasteiger partial charge is 0.322 e. The lowest BCUT2D eigenvalue weighted by Gasteiger charge is -2.39. The summed E-state index contributed by atoms with van der Waals surface area (Å²) in [6, 6.07) is -0.646. The van der Waals surface area contributed by atoms with Crippen LogP contribution in [0.4, 0.5) is 23.7 Å². The van der Waals surface area contributed by atoms with Crippen LogP contribution in [0.1, 0.15) is 20.8 Å². The zero-order chi connectivity index (χ0) is 17.9. The fourth-order valence-corrected chi connectivity index (χ4v) is 2.75. The first-order valence-corrected chi connectivity index (χ1v) is 8.03. The number of piperazine rings is 1. The van der Waals surface area contributed by atoms with Crippen molar-refractivity contribution in [2.75, 3.05) is 31.5 Å². The average Bonchev–Trinajstić information content (AvgIpc) is 2.85. The first-order chi connectivity index (χ1) is 11.1. The van der Waals surface area contributed by atoms with Crippen molar-refractivity contribution in [1.82, 2.24) is 19.6 Å². The van der Waals surface area contributed by atoms with Gasteiger partial charge in [-0.15, -0.1) is 0 Å². The van der Waals surface area contributed by atoms with E-state index in [0.717, 1.165) is 6.54 Å². The van der Waals surface area contributed by atoms with Gasteiger partial charge in [-0.25, -0.2) is 4.79 Å². The highest BCUT2D eigenvalue weighted by atomic mass is 19.4. The maximum absolute atomic E-state index is 12.5. The van der Waals surface area contributed by atoms with Crippen molar-refractivity contribution in [2.45, 2.75) is 39.5 Å². The van der Waals surface area contributed by atoms with Crippen LogP contribution >= 0.6 is 0 Å². The quantitative estimate of drug-likeness (QED) is 0.911. The van der Waals surface area contributed by atoms with Crippen molar-refractivity contribution in [3.8, 4) is 0 Å². The van der Waals surface area contributed by atoms with E-state index in [0.29, 0.717) is 11.6 Å². The highest BCUT2D eigenvalue weighted by Crippen LogP contribution is 2.20. The Morgan fingerprint density at radius 1 is 1.42 bits per heavy atom. The van der Waals surface area contributed by atoms with Gasteiger partial charge in [-0.1, -0.05) is 13.8 Å². The molecule has 1 aromatic rings. The molecule has 0 saturated carbocycles. The van der Waals surface area contributed by atoms with Gasteiger partial charge in [-0.3, -0.25) is 9.58 Å². The molecular weight excluding hydrogens is 323 g/mol. The Morgan fingerprint density at radius 2 is 2.12 bits per heavy atom. The number of aromatic nitrogens is 2. The summed E-state index contributed by atoms with van der Waals surface area (Å²) in [5.74, 6) is 0.441. The summed E-state index contributed by atoms with van der Waals surface area (Å²) < 4.78 is 39.3. The summed E-state index contributed by atoms with van der Waals surface area (Å²) in [6.45, 7) is 6.40. The van der Waals surface area contributed by atoms with E-state index in [1.54, 1.807) is 24.0 Å². The van der Waals surface area contributed by atoms with Gasteiger partial charge in [0.1, 0.15) is 0 Å². The number of amides is 2. The van der Waals surface area contributed by atoms with Crippen molar-refractivity contribution in [3.05, 3.63) is 12.4 Å². The highest BCUT2D eigenvalue weighted by molar-refractivity contribution is 5.89. The molecule has 6 nitrogen and oxygen atoms in total. The molecule has 2 rings (SSSR count). The second kappa shape index (κ2) is 7.42. The molecule has 0 bridgehead atoms. The molecule has 1 aliphatic rings. The molecule has 9 heteroatoms. The summed E-state index contributed by atoms with van der Waals surface area (Å²) in [5.41, 5.74) is 0.589. The zero-order valence-corrected chi connectivity index (χ0v) is 14.2. The van der Waals surface area contributed by atoms with Crippen LogP contribution in [0.2, 0.25) is 0 Å². The third-order valence-electron chi connectivity index (χ3n) is 3.87. The molecule has 136 valence electrons. The summed E-state index contributed by atoms with van der Waals surface area (Å²) in [5, 5.41) is 6.92. The van der Waals surface area contributed by atoms with Crippen molar-refractivity contribution in [2.24, 2.45) is 5.92 Å². The topological polar surface area (TPSA) is 53.4 Å². The molecule has 1 N–H and O–H groups in total. The lowest BCUT2D eigenvalue weighted by Crippen LogP contribution is -2.56. The Bertz CT molecular complexity index is 558. The van der Waals surface area contributed by atoms with Gasteiger partial charge in [-0.2, -0.15) is 18.3 Å². The molecule has 1 fully saturated rings. The maximum atomic E-state index is 12.5. The molecule has 1 aromatic heterocycles. The number of urea groups is 1. The summed E-state index contributed by atoms with van der Waals surface area (Å²) in [7, 11) is 0. The predicted octanol–water partition coefficient (Wildman–Crippen LogP) is 2.64. The molecule has 0 unspecified atom stereocenters. The monoisotopic (exact) mass is 347 g/mol. The lowest BCUT2D eigenvalue weighted by molar-refractivity contribution is -0.153. The Labute approximate surface area is 139 Å². The Hall–Kier alpha value is -1.77. The number of anilines is 1. The zero-order valence-electron chi connectivity index (χ0n) is 14.2. The van der Waals surface area contributed by atoms with Crippen LogP contribution in [-0.2, 0) is 6.54 Å². The first kappa shape index (κ1) is 18.6. The third-order valence-corrected chi connectivity index (χ3v) is 3.87. The van der Waals surface area contributed by atoms with E-state index in [1.807, 2.05) is 0 Å². The molecule has 2 heterocycles. The third kappa shape index (κ3) is 5.40. The van der Waals surface area contributed by atoms with Gasteiger partial charge >= 0.3 is 12.2 Å². The Morgan fingerprint density at radius 3 is 2.71 bits per heavy atom. The van der Waals surface area contributed by atoms with Crippen LogP contribution in [0.25, 0.3) is 0 Å². The van der Waals surface area contributed by atoms with Crippen molar-refractivity contribution >= 4 is 11.7 Å². The largest absolute Gasteiger partial charge is 0.401 e. The molecule has 24 heavy (non-hydrogen) atoms. The standard InChI is InChI=1S/C15H24F3N5O/c1-11(2)7-23-9-13(6-19-23)20-14(24)21-4-5-22(12(3)8-21)10-15(16,17)18/h6,9,11-12H,4-5,7-8,10H2,1-3H3,(H,20,24)/t12-/m1/s1. The summed E-state index contributed by atoms with van der Waals surface area (Å²) in [6.07, 6.45) is -0.894. The maximum Gasteiger partial charge on any atom is 0.401 e. The molecule has 0 aliphatic carbocycles. The van der Waals surface area contributed by atoms with Crippen molar-refractivity contribution in [1.29, 1.82) is 0 Å². The van der Waals surface area contributed by atoms with Gasteiger partial charge in [0.15, 0.2) is 0 Å². The van der Waals surface area contributed by atoms with E-state index >= 15 is 0 Å². The summed E-state index contributed by atoms with van der Waals surface area (Å²) >= 11 is 0. The molecule has 0 radical (unpaired) electrons. The molecular formula is C15H24F3N5O. The minimum absolute atomic E-state index is 0.209. The number of nitrogens with zero attached hydrogens (tertiary/aromatic N) is 4. The minimum atomic E-state index is -4.22. The fraction of sp³-hybridized carbons (Fsp3) is 0.733. The van der Waals surface area contributed by atoms with E-state index in [4.69, 9.17) is 0 Å². The number of hydrogen-bond acceptors (Lipinski definition) is 3. The first-order valence-electron chi connectivity index (χ1n) is 8.03. The van der Waals surface area contributed by atoms with Crippen LogP contribution in [0.3, 0.4) is 0 Å². The number of carbonyl (C=O) groups excluding carboxylic acids is 1.